The van der Waals surface area contributed by atoms with Gasteiger partial charge in [-0.05, 0) is 43.4 Å². The summed E-state index contributed by atoms with van der Waals surface area (Å²) in [6, 6.07) is 4.80. The molecule has 4 nitrogen and oxygen atoms in total. The van der Waals surface area contributed by atoms with Gasteiger partial charge in [-0.15, -0.1) is 0 Å². The summed E-state index contributed by atoms with van der Waals surface area (Å²) < 4.78 is 44.5. The number of rotatable bonds is 3. The van der Waals surface area contributed by atoms with E-state index in [9.17, 15) is 18.0 Å². The third-order valence-electron chi connectivity index (χ3n) is 5.70. The summed E-state index contributed by atoms with van der Waals surface area (Å²) in [6.45, 7) is 1.36. The molecule has 2 amide bonds. The lowest BCUT2D eigenvalue weighted by atomic mass is 9.74. The highest BCUT2D eigenvalue weighted by Gasteiger charge is 2.43. The lowest BCUT2D eigenvalue weighted by molar-refractivity contribution is -0.184. The SMILES string of the molecule is O=C(NCC1(c2ccc(Cl)cc2Cl)CCOCC1)N1CCC[C@H](C(F)(F)F)C1. The number of nitrogens with zero attached hydrogens (tertiary/aromatic N) is 1. The van der Waals surface area contributed by atoms with Gasteiger partial charge < -0.3 is 15.0 Å². The first-order valence-electron chi connectivity index (χ1n) is 9.34. The first-order chi connectivity index (χ1) is 13.2. The van der Waals surface area contributed by atoms with Gasteiger partial charge in [0.2, 0.25) is 0 Å². The second-order valence-electron chi connectivity index (χ2n) is 7.50. The van der Waals surface area contributed by atoms with Crippen molar-refractivity contribution < 1.29 is 22.7 Å². The van der Waals surface area contributed by atoms with E-state index in [2.05, 4.69) is 5.32 Å². The maximum atomic E-state index is 13.0. The van der Waals surface area contributed by atoms with Gasteiger partial charge >= 0.3 is 12.2 Å². The molecule has 2 aliphatic rings. The van der Waals surface area contributed by atoms with Crippen LogP contribution in [0.1, 0.15) is 31.2 Å². The molecule has 2 heterocycles. The third-order valence-corrected chi connectivity index (χ3v) is 6.25. The molecule has 2 aliphatic heterocycles. The molecule has 0 radical (unpaired) electrons. The zero-order chi connectivity index (χ0) is 20.4. The minimum Gasteiger partial charge on any atom is -0.381 e. The Balaban J connectivity index is 1.71. The van der Waals surface area contributed by atoms with E-state index in [0.717, 1.165) is 5.56 Å². The number of carbonyl (C=O) groups excluding carboxylic acids is 1. The second-order valence-corrected chi connectivity index (χ2v) is 8.35. The third kappa shape index (κ3) is 4.86. The number of piperidine rings is 1. The molecule has 0 aromatic heterocycles. The fourth-order valence-electron chi connectivity index (χ4n) is 4.01. The van der Waals surface area contributed by atoms with Gasteiger partial charge in [0.1, 0.15) is 0 Å². The number of hydrogen-bond acceptors (Lipinski definition) is 2. The summed E-state index contributed by atoms with van der Waals surface area (Å²) in [6.07, 6.45) is -2.56. The Morgan fingerprint density at radius 2 is 2.00 bits per heavy atom. The van der Waals surface area contributed by atoms with E-state index in [4.69, 9.17) is 27.9 Å². The van der Waals surface area contributed by atoms with Crippen LogP contribution in [-0.4, -0.2) is 50.0 Å². The van der Waals surface area contributed by atoms with Crippen molar-refractivity contribution >= 4 is 29.2 Å². The van der Waals surface area contributed by atoms with Crippen molar-refractivity contribution in [2.45, 2.75) is 37.3 Å². The minimum absolute atomic E-state index is 0.0644. The molecule has 0 unspecified atom stereocenters. The van der Waals surface area contributed by atoms with Crippen LogP contribution in [0.3, 0.4) is 0 Å². The highest BCUT2D eigenvalue weighted by molar-refractivity contribution is 6.35. The van der Waals surface area contributed by atoms with Crippen LogP contribution in [-0.2, 0) is 10.2 Å². The Morgan fingerprint density at radius 1 is 1.29 bits per heavy atom. The predicted octanol–water partition coefficient (Wildman–Crippen LogP) is 5.03. The van der Waals surface area contributed by atoms with Crippen molar-refractivity contribution in [1.29, 1.82) is 0 Å². The number of nitrogens with one attached hydrogen (secondary N) is 1. The standard InChI is InChI=1S/C19H23Cl2F3N2O2/c20-14-3-4-15(16(21)10-14)18(5-8-28-9-6-18)12-25-17(27)26-7-1-2-13(11-26)19(22,23)24/h3-4,10,13H,1-2,5-9,11-12H2,(H,25,27)/t13-/m0/s1. The Labute approximate surface area is 172 Å². The van der Waals surface area contributed by atoms with Gasteiger partial charge in [-0.3, -0.25) is 0 Å². The maximum Gasteiger partial charge on any atom is 0.393 e. The summed E-state index contributed by atoms with van der Waals surface area (Å²) in [5, 5.41) is 3.88. The van der Waals surface area contributed by atoms with Crippen LogP contribution in [0.2, 0.25) is 10.0 Å². The number of carbonyl (C=O) groups is 1. The molecule has 0 bridgehead atoms. The number of hydrogen-bond donors (Lipinski definition) is 1. The van der Waals surface area contributed by atoms with Crippen LogP contribution >= 0.6 is 23.2 Å². The van der Waals surface area contributed by atoms with Gasteiger partial charge in [-0.2, -0.15) is 13.2 Å². The molecular formula is C19H23Cl2F3N2O2. The Bertz CT molecular complexity index is 709. The van der Waals surface area contributed by atoms with Crippen LogP contribution in [0.4, 0.5) is 18.0 Å². The normalized spacial score (nSPS) is 22.8. The fourth-order valence-corrected chi connectivity index (χ4v) is 4.62. The van der Waals surface area contributed by atoms with Crippen LogP contribution in [0.25, 0.3) is 0 Å². The quantitative estimate of drug-likeness (QED) is 0.719. The van der Waals surface area contributed by atoms with E-state index in [-0.39, 0.29) is 19.5 Å². The number of urea groups is 1. The van der Waals surface area contributed by atoms with E-state index in [0.29, 0.717) is 49.1 Å². The molecular weight excluding hydrogens is 416 g/mol. The largest absolute Gasteiger partial charge is 0.393 e. The summed E-state index contributed by atoms with van der Waals surface area (Å²) in [7, 11) is 0. The number of amides is 2. The predicted molar refractivity (Wildman–Crippen MR) is 102 cm³/mol. The second kappa shape index (κ2) is 8.67. The van der Waals surface area contributed by atoms with Crippen molar-refractivity contribution in [3.63, 3.8) is 0 Å². The smallest absolute Gasteiger partial charge is 0.381 e. The molecule has 0 saturated carbocycles. The van der Waals surface area contributed by atoms with Gasteiger partial charge in [0, 0.05) is 48.3 Å². The van der Waals surface area contributed by atoms with Crippen LogP contribution in [0.15, 0.2) is 18.2 Å². The summed E-state index contributed by atoms with van der Waals surface area (Å²) in [5.74, 6) is -1.46. The molecule has 28 heavy (non-hydrogen) atoms. The van der Waals surface area contributed by atoms with Gasteiger partial charge in [0.15, 0.2) is 0 Å². The van der Waals surface area contributed by atoms with E-state index in [1.54, 1.807) is 12.1 Å². The molecule has 3 rings (SSSR count). The van der Waals surface area contributed by atoms with Gasteiger partial charge in [0.25, 0.3) is 0 Å². The number of benzene rings is 1. The molecule has 2 saturated heterocycles. The zero-order valence-corrected chi connectivity index (χ0v) is 16.8. The molecule has 9 heteroatoms. The van der Waals surface area contributed by atoms with Crippen molar-refractivity contribution in [3.05, 3.63) is 33.8 Å². The molecule has 156 valence electrons. The van der Waals surface area contributed by atoms with Crippen LogP contribution in [0.5, 0.6) is 0 Å². The van der Waals surface area contributed by atoms with Gasteiger partial charge in [-0.25, -0.2) is 4.79 Å². The van der Waals surface area contributed by atoms with Crippen molar-refractivity contribution in [2.75, 3.05) is 32.8 Å². The monoisotopic (exact) mass is 438 g/mol. The molecule has 1 atom stereocenters. The molecule has 1 aromatic rings. The lowest BCUT2D eigenvalue weighted by Crippen LogP contribution is -2.52. The van der Waals surface area contributed by atoms with Crippen LogP contribution < -0.4 is 5.32 Å². The van der Waals surface area contributed by atoms with Crippen molar-refractivity contribution in [3.8, 4) is 0 Å². The number of ether oxygens (including phenoxy) is 1. The number of halogens is 5. The summed E-state index contributed by atoms with van der Waals surface area (Å²) >= 11 is 12.4. The first-order valence-corrected chi connectivity index (χ1v) is 10.1. The number of likely N-dealkylation sites (tertiary alicyclic amines) is 1. The lowest BCUT2D eigenvalue weighted by Gasteiger charge is -2.40. The highest BCUT2D eigenvalue weighted by atomic mass is 35.5. The van der Waals surface area contributed by atoms with Crippen LogP contribution in [0, 0.1) is 5.92 Å². The van der Waals surface area contributed by atoms with E-state index in [1.165, 1.54) is 4.90 Å². The number of alkyl halides is 3. The molecule has 1 aromatic carbocycles. The average molecular weight is 439 g/mol. The molecule has 0 aliphatic carbocycles. The van der Waals surface area contributed by atoms with Crippen molar-refractivity contribution in [1.82, 2.24) is 10.2 Å². The first kappa shape index (κ1) is 21.5. The molecule has 2 fully saturated rings. The van der Waals surface area contributed by atoms with Gasteiger partial charge in [-0.1, -0.05) is 29.3 Å². The van der Waals surface area contributed by atoms with Gasteiger partial charge in [0.05, 0.1) is 5.92 Å². The van der Waals surface area contributed by atoms with E-state index < -0.39 is 23.5 Å². The van der Waals surface area contributed by atoms with E-state index in [1.807, 2.05) is 6.07 Å². The maximum absolute atomic E-state index is 13.0. The Morgan fingerprint density at radius 3 is 2.64 bits per heavy atom. The molecule has 1 N–H and O–H groups in total. The fraction of sp³-hybridized carbons (Fsp3) is 0.632. The average Bonchev–Trinajstić information content (AvgIpc) is 2.66. The summed E-state index contributed by atoms with van der Waals surface area (Å²) in [4.78, 5) is 13.9. The molecule has 0 spiro atoms. The highest BCUT2D eigenvalue weighted by Crippen LogP contribution is 2.39. The summed E-state index contributed by atoms with van der Waals surface area (Å²) in [5.41, 5.74) is 0.434. The topological polar surface area (TPSA) is 41.6 Å². The van der Waals surface area contributed by atoms with E-state index >= 15 is 0 Å². The Hall–Kier alpha value is -1.18. The van der Waals surface area contributed by atoms with Crippen molar-refractivity contribution in [2.24, 2.45) is 5.92 Å². The Kier molecular flexibility index (Phi) is 6.67. The zero-order valence-electron chi connectivity index (χ0n) is 15.3. The minimum atomic E-state index is -4.28.